The summed E-state index contributed by atoms with van der Waals surface area (Å²) in [4.78, 5) is 2.69. The largest absolute Gasteiger partial charge is 0.298 e. The standard InChI is InChI=1S/C17H16ClNS2/c1-12(13-6-8-14(18)9-7-13)19-17(15-4-2-10-20-15)16-5-3-11-21-16/h2-12,17,19H,1H3. The molecule has 3 aromatic rings. The molecule has 0 aliphatic rings. The molecule has 108 valence electrons. The molecular formula is C17H16ClNS2. The first-order chi connectivity index (χ1) is 10.2. The Kier molecular flexibility index (Phi) is 4.76. The summed E-state index contributed by atoms with van der Waals surface area (Å²) in [6, 6.07) is 17.2. The third-order valence-corrected chi connectivity index (χ3v) is 5.57. The van der Waals surface area contributed by atoms with Gasteiger partial charge in [0.15, 0.2) is 0 Å². The molecule has 2 heterocycles. The fourth-order valence-corrected chi connectivity index (χ4v) is 4.12. The van der Waals surface area contributed by atoms with E-state index in [1.54, 1.807) is 22.7 Å². The van der Waals surface area contributed by atoms with Crippen LogP contribution in [0.5, 0.6) is 0 Å². The minimum atomic E-state index is 0.246. The molecule has 0 amide bonds. The molecule has 0 bridgehead atoms. The molecule has 0 fully saturated rings. The summed E-state index contributed by atoms with van der Waals surface area (Å²) in [5, 5.41) is 8.77. The molecule has 0 aliphatic carbocycles. The molecular weight excluding hydrogens is 318 g/mol. The number of hydrogen-bond acceptors (Lipinski definition) is 3. The van der Waals surface area contributed by atoms with Crippen LogP contribution in [0.25, 0.3) is 0 Å². The molecule has 3 rings (SSSR count). The lowest BCUT2D eigenvalue weighted by Crippen LogP contribution is -2.24. The Morgan fingerprint density at radius 3 is 1.95 bits per heavy atom. The van der Waals surface area contributed by atoms with E-state index in [1.165, 1.54) is 15.3 Å². The number of rotatable bonds is 5. The van der Waals surface area contributed by atoms with Gasteiger partial charge in [-0.25, -0.2) is 0 Å². The molecule has 0 spiro atoms. The Bertz CT molecular complexity index is 625. The van der Waals surface area contributed by atoms with E-state index in [0.717, 1.165) is 5.02 Å². The van der Waals surface area contributed by atoms with E-state index in [1.807, 2.05) is 12.1 Å². The van der Waals surface area contributed by atoms with Crippen LogP contribution >= 0.6 is 34.3 Å². The molecule has 0 saturated carbocycles. The van der Waals surface area contributed by atoms with Crippen molar-refractivity contribution in [2.75, 3.05) is 0 Å². The molecule has 21 heavy (non-hydrogen) atoms. The lowest BCUT2D eigenvalue weighted by atomic mass is 10.1. The first-order valence-corrected chi connectivity index (χ1v) is 8.96. The highest BCUT2D eigenvalue weighted by Gasteiger charge is 2.19. The fraction of sp³-hybridized carbons (Fsp3) is 0.176. The Morgan fingerprint density at radius 2 is 1.48 bits per heavy atom. The second kappa shape index (κ2) is 6.75. The van der Waals surface area contributed by atoms with Crippen LogP contribution in [0.2, 0.25) is 5.02 Å². The van der Waals surface area contributed by atoms with E-state index >= 15 is 0 Å². The minimum Gasteiger partial charge on any atom is -0.298 e. The highest BCUT2D eigenvalue weighted by molar-refractivity contribution is 7.11. The molecule has 0 aliphatic heterocycles. The summed E-state index contributed by atoms with van der Waals surface area (Å²) < 4.78 is 0. The quantitative estimate of drug-likeness (QED) is 0.612. The van der Waals surface area contributed by atoms with Gasteiger partial charge in [-0.05, 0) is 47.5 Å². The van der Waals surface area contributed by atoms with Crippen molar-refractivity contribution in [3.8, 4) is 0 Å². The van der Waals surface area contributed by atoms with E-state index < -0.39 is 0 Å². The Morgan fingerprint density at radius 1 is 0.905 bits per heavy atom. The van der Waals surface area contributed by atoms with Gasteiger partial charge in [0, 0.05) is 20.8 Å². The zero-order chi connectivity index (χ0) is 14.7. The zero-order valence-corrected chi connectivity index (χ0v) is 14.0. The van der Waals surface area contributed by atoms with Gasteiger partial charge in [-0.2, -0.15) is 0 Å². The smallest absolute Gasteiger partial charge is 0.0769 e. The fourth-order valence-electron chi connectivity index (χ4n) is 2.31. The van der Waals surface area contributed by atoms with Crippen LogP contribution in [-0.4, -0.2) is 0 Å². The first kappa shape index (κ1) is 14.8. The van der Waals surface area contributed by atoms with Crippen molar-refractivity contribution in [2.45, 2.75) is 19.0 Å². The van der Waals surface area contributed by atoms with Crippen LogP contribution in [0.4, 0.5) is 0 Å². The maximum Gasteiger partial charge on any atom is 0.0769 e. The van der Waals surface area contributed by atoms with Crippen LogP contribution in [0, 0.1) is 0 Å². The maximum atomic E-state index is 5.97. The zero-order valence-electron chi connectivity index (χ0n) is 11.6. The van der Waals surface area contributed by atoms with E-state index in [4.69, 9.17) is 11.6 Å². The average molecular weight is 334 g/mol. The van der Waals surface area contributed by atoms with Crippen molar-refractivity contribution in [2.24, 2.45) is 0 Å². The third-order valence-electron chi connectivity index (χ3n) is 3.44. The Labute approximate surface area is 138 Å². The lowest BCUT2D eigenvalue weighted by molar-refractivity contribution is 0.526. The summed E-state index contributed by atoms with van der Waals surface area (Å²) in [5.74, 6) is 0. The van der Waals surface area contributed by atoms with Crippen molar-refractivity contribution in [3.63, 3.8) is 0 Å². The van der Waals surface area contributed by atoms with E-state index in [2.05, 4.69) is 59.4 Å². The van der Waals surface area contributed by atoms with Crippen LogP contribution in [0.3, 0.4) is 0 Å². The van der Waals surface area contributed by atoms with Gasteiger partial charge in [0.05, 0.1) is 6.04 Å². The number of nitrogens with one attached hydrogen (secondary N) is 1. The predicted octanol–water partition coefficient (Wildman–Crippen LogP) is 5.90. The molecule has 1 unspecified atom stereocenters. The molecule has 2 aromatic heterocycles. The second-order valence-corrected chi connectivity index (χ2v) is 7.30. The highest BCUT2D eigenvalue weighted by Crippen LogP contribution is 2.31. The summed E-state index contributed by atoms with van der Waals surface area (Å²) in [7, 11) is 0. The molecule has 4 heteroatoms. The monoisotopic (exact) mass is 333 g/mol. The second-order valence-electron chi connectivity index (χ2n) is 4.90. The molecule has 0 saturated heterocycles. The molecule has 0 radical (unpaired) electrons. The van der Waals surface area contributed by atoms with Gasteiger partial charge in [-0.3, -0.25) is 5.32 Å². The molecule has 1 atom stereocenters. The summed E-state index contributed by atoms with van der Waals surface area (Å²) in [6.45, 7) is 2.19. The van der Waals surface area contributed by atoms with Crippen LogP contribution in [0.15, 0.2) is 59.3 Å². The minimum absolute atomic E-state index is 0.246. The van der Waals surface area contributed by atoms with Gasteiger partial charge >= 0.3 is 0 Å². The van der Waals surface area contributed by atoms with Crippen molar-refractivity contribution < 1.29 is 0 Å². The first-order valence-electron chi connectivity index (χ1n) is 6.82. The lowest BCUT2D eigenvalue weighted by Gasteiger charge is -2.22. The van der Waals surface area contributed by atoms with Crippen LogP contribution < -0.4 is 5.32 Å². The predicted molar refractivity (Wildman–Crippen MR) is 93.5 cm³/mol. The van der Waals surface area contributed by atoms with Crippen molar-refractivity contribution in [1.29, 1.82) is 0 Å². The highest BCUT2D eigenvalue weighted by atomic mass is 35.5. The third kappa shape index (κ3) is 3.55. The maximum absolute atomic E-state index is 5.97. The van der Waals surface area contributed by atoms with Crippen molar-refractivity contribution in [1.82, 2.24) is 5.32 Å². The van der Waals surface area contributed by atoms with Gasteiger partial charge < -0.3 is 0 Å². The average Bonchev–Trinajstić information content (AvgIpc) is 3.19. The molecule has 1 nitrogen and oxygen atoms in total. The Balaban J connectivity index is 1.83. The normalized spacial score (nSPS) is 12.7. The van der Waals surface area contributed by atoms with Gasteiger partial charge in [0.2, 0.25) is 0 Å². The van der Waals surface area contributed by atoms with E-state index in [0.29, 0.717) is 0 Å². The molecule has 1 aromatic carbocycles. The number of halogens is 1. The Hall–Kier alpha value is -1.13. The van der Waals surface area contributed by atoms with Crippen molar-refractivity contribution >= 4 is 34.3 Å². The van der Waals surface area contributed by atoms with Gasteiger partial charge in [0.25, 0.3) is 0 Å². The van der Waals surface area contributed by atoms with Gasteiger partial charge in [-0.15, -0.1) is 22.7 Å². The summed E-state index contributed by atoms with van der Waals surface area (Å²) in [5.41, 5.74) is 1.25. The van der Waals surface area contributed by atoms with Crippen LogP contribution in [0.1, 0.15) is 34.3 Å². The molecule has 1 N–H and O–H groups in total. The number of thiophene rings is 2. The van der Waals surface area contributed by atoms with Crippen molar-refractivity contribution in [3.05, 3.63) is 79.6 Å². The van der Waals surface area contributed by atoms with E-state index in [9.17, 15) is 0 Å². The van der Waals surface area contributed by atoms with Gasteiger partial charge in [0.1, 0.15) is 0 Å². The summed E-state index contributed by atoms with van der Waals surface area (Å²) in [6.07, 6.45) is 0. The number of hydrogen-bond donors (Lipinski definition) is 1. The summed E-state index contributed by atoms with van der Waals surface area (Å²) >= 11 is 9.55. The SMILES string of the molecule is CC(NC(c1cccs1)c1cccs1)c1ccc(Cl)cc1. The topological polar surface area (TPSA) is 12.0 Å². The van der Waals surface area contributed by atoms with E-state index in [-0.39, 0.29) is 12.1 Å². The number of benzene rings is 1. The van der Waals surface area contributed by atoms with Gasteiger partial charge in [-0.1, -0.05) is 35.9 Å². The van der Waals surface area contributed by atoms with Crippen LogP contribution in [-0.2, 0) is 0 Å².